The number of nitrogens with two attached hydrogens (primary N) is 2. The van der Waals surface area contributed by atoms with Crippen LogP contribution in [0.3, 0.4) is 0 Å². The zero-order valence-corrected chi connectivity index (χ0v) is 12.2. The molecular weight excluding hydrogens is 262 g/mol. The summed E-state index contributed by atoms with van der Waals surface area (Å²) < 4.78 is 23.8. The van der Waals surface area contributed by atoms with Crippen LogP contribution in [0, 0.1) is 0 Å². The number of hydrogen-bond acceptors (Lipinski definition) is 5. The average Bonchev–Trinajstić information content (AvgIpc) is 2.39. The first kappa shape index (κ1) is 15.9. The summed E-state index contributed by atoms with van der Waals surface area (Å²) in [7, 11) is -3.15. The summed E-state index contributed by atoms with van der Waals surface area (Å²) >= 11 is 0. The van der Waals surface area contributed by atoms with Gasteiger partial charge in [0.1, 0.15) is 0 Å². The second-order valence-electron chi connectivity index (χ2n) is 4.38. The van der Waals surface area contributed by atoms with Crippen molar-refractivity contribution in [2.24, 2.45) is 11.5 Å². The van der Waals surface area contributed by atoms with E-state index in [0.717, 1.165) is 5.69 Å². The molecule has 0 aliphatic heterocycles. The van der Waals surface area contributed by atoms with Crippen molar-refractivity contribution in [3.63, 3.8) is 0 Å². The Hall–Kier alpha value is -1.11. The maximum atomic E-state index is 11.9. The van der Waals surface area contributed by atoms with Crippen molar-refractivity contribution in [1.82, 2.24) is 0 Å². The third kappa shape index (κ3) is 4.49. The second-order valence-corrected chi connectivity index (χ2v) is 6.49. The molecule has 0 aliphatic rings. The normalized spacial score (nSPS) is 11.5. The SMILES string of the molecule is CCCS(=O)(=O)c1ccc(N(CCN)CCN)cc1. The maximum Gasteiger partial charge on any atom is 0.178 e. The van der Waals surface area contributed by atoms with Crippen molar-refractivity contribution in [3.05, 3.63) is 24.3 Å². The zero-order chi connectivity index (χ0) is 14.3. The Bertz CT molecular complexity index is 465. The van der Waals surface area contributed by atoms with E-state index in [0.29, 0.717) is 37.5 Å². The van der Waals surface area contributed by atoms with Crippen LogP contribution < -0.4 is 16.4 Å². The lowest BCUT2D eigenvalue weighted by Crippen LogP contribution is -2.33. The van der Waals surface area contributed by atoms with Crippen LogP contribution in [0.4, 0.5) is 5.69 Å². The maximum absolute atomic E-state index is 11.9. The van der Waals surface area contributed by atoms with E-state index in [9.17, 15) is 8.42 Å². The van der Waals surface area contributed by atoms with Gasteiger partial charge < -0.3 is 16.4 Å². The van der Waals surface area contributed by atoms with Crippen LogP contribution in [0.5, 0.6) is 0 Å². The van der Waals surface area contributed by atoms with Crippen LogP contribution in [-0.4, -0.2) is 40.3 Å². The van der Waals surface area contributed by atoms with Crippen LogP contribution in [0.25, 0.3) is 0 Å². The van der Waals surface area contributed by atoms with E-state index in [-0.39, 0.29) is 5.75 Å². The minimum atomic E-state index is -3.15. The van der Waals surface area contributed by atoms with E-state index in [4.69, 9.17) is 11.5 Å². The van der Waals surface area contributed by atoms with Gasteiger partial charge in [-0.05, 0) is 30.7 Å². The molecule has 0 atom stereocenters. The Kier molecular flexibility index (Phi) is 6.27. The average molecular weight is 285 g/mol. The van der Waals surface area contributed by atoms with Crippen molar-refractivity contribution in [2.75, 3.05) is 36.8 Å². The van der Waals surface area contributed by atoms with Gasteiger partial charge in [0.25, 0.3) is 0 Å². The fraction of sp³-hybridized carbons (Fsp3) is 0.538. The first-order valence-electron chi connectivity index (χ1n) is 6.53. The minimum absolute atomic E-state index is 0.182. The van der Waals surface area contributed by atoms with E-state index >= 15 is 0 Å². The molecule has 1 aromatic carbocycles. The molecule has 1 aromatic rings. The van der Waals surface area contributed by atoms with Crippen LogP contribution in [0.2, 0.25) is 0 Å². The van der Waals surface area contributed by atoms with Gasteiger partial charge in [-0.15, -0.1) is 0 Å². The number of nitrogens with zero attached hydrogens (tertiary/aromatic N) is 1. The van der Waals surface area contributed by atoms with Gasteiger partial charge in [0.05, 0.1) is 10.6 Å². The van der Waals surface area contributed by atoms with Crippen molar-refractivity contribution in [3.8, 4) is 0 Å². The Morgan fingerprint density at radius 1 is 1.05 bits per heavy atom. The standard InChI is InChI=1S/C13H23N3O2S/c1-2-11-19(17,18)13-5-3-12(4-6-13)16(9-7-14)10-8-15/h3-6H,2,7-11,14-15H2,1H3. The fourth-order valence-electron chi connectivity index (χ4n) is 1.93. The van der Waals surface area contributed by atoms with Gasteiger partial charge in [-0.1, -0.05) is 6.92 Å². The van der Waals surface area contributed by atoms with Crippen LogP contribution in [0.15, 0.2) is 29.2 Å². The summed E-state index contributed by atoms with van der Waals surface area (Å²) in [4.78, 5) is 2.43. The lowest BCUT2D eigenvalue weighted by Gasteiger charge is -2.23. The van der Waals surface area contributed by atoms with Gasteiger partial charge in [-0.25, -0.2) is 8.42 Å². The first-order chi connectivity index (χ1) is 9.05. The summed E-state index contributed by atoms with van der Waals surface area (Å²) in [6.07, 6.45) is 0.622. The van der Waals surface area contributed by atoms with Crippen molar-refractivity contribution in [1.29, 1.82) is 0 Å². The highest BCUT2D eigenvalue weighted by molar-refractivity contribution is 7.91. The van der Waals surface area contributed by atoms with Crippen LogP contribution in [0.1, 0.15) is 13.3 Å². The monoisotopic (exact) mass is 285 g/mol. The highest BCUT2D eigenvalue weighted by Crippen LogP contribution is 2.18. The number of benzene rings is 1. The molecule has 0 aliphatic carbocycles. The molecule has 0 saturated carbocycles. The summed E-state index contributed by atoms with van der Waals surface area (Å²) in [5.74, 6) is 0.182. The summed E-state index contributed by atoms with van der Waals surface area (Å²) in [5.41, 5.74) is 12.1. The minimum Gasteiger partial charge on any atom is -0.369 e. The summed E-state index contributed by atoms with van der Waals surface area (Å²) in [6.45, 7) is 4.35. The third-order valence-corrected chi connectivity index (χ3v) is 4.77. The molecule has 0 radical (unpaired) electrons. The van der Waals surface area contributed by atoms with E-state index in [1.807, 2.05) is 19.1 Å². The van der Waals surface area contributed by atoms with E-state index in [1.54, 1.807) is 12.1 Å². The smallest absolute Gasteiger partial charge is 0.178 e. The summed E-state index contributed by atoms with van der Waals surface area (Å²) in [6, 6.07) is 6.93. The molecule has 0 amide bonds. The number of hydrogen-bond donors (Lipinski definition) is 2. The molecule has 0 bridgehead atoms. The highest BCUT2D eigenvalue weighted by Gasteiger charge is 2.13. The molecule has 0 aromatic heterocycles. The second kappa shape index (κ2) is 7.47. The lowest BCUT2D eigenvalue weighted by atomic mass is 10.3. The van der Waals surface area contributed by atoms with Gasteiger partial charge in [0.15, 0.2) is 9.84 Å². The molecule has 0 unspecified atom stereocenters. The van der Waals surface area contributed by atoms with Crippen molar-refractivity contribution >= 4 is 15.5 Å². The molecule has 1 rings (SSSR count). The van der Waals surface area contributed by atoms with E-state index in [2.05, 4.69) is 4.90 Å². The molecule has 5 nitrogen and oxygen atoms in total. The molecule has 0 fully saturated rings. The lowest BCUT2D eigenvalue weighted by molar-refractivity contribution is 0.594. The molecular formula is C13H23N3O2S. The largest absolute Gasteiger partial charge is 0.369 e. The Balaban J connectivity index is 2.91. The molecule has 0 saturated heterocycles. The van der Waals surface area contributed by atoms with Gasteiger partial charge in [0, 0.05) is 31.9 Å². The zero-order valence-electron chi connectivity index (χ0n) is 11.4. The predicted molar refractivity (Wildman–Crippen MR) is 79.1 cm³/mol. The highest BCUT2D eigenvalue weighted by atomic mass is 32.2. The molecule has 19 heavy (non-hydrogen) atoms. The summed E-state index contributed by atoms with van der Waals surface area (Å²) in [5, 5.41) is 0. The van der Waals surface area contributed by atoms with Gasteiger partial charge in [-0.2, -0.15) is 0 Å². The topological polar surface area (TPSA) is 89.4 Å². The molecule has 6 heteroatoms. The fourth-order valence-corrected chi connectivity index (χ4v) is 3.26. The van der Waals surface area contributed by atoms with Crippen LogP contribution in [-0.2, 0) is 9.84 Å². The predicted octanol–water partition coefficient (Wildman–Crippen LogP) is 0.594. The van der Waals surface area contributed by atoms with Crippen LogP contribution >= 0.6 is 0 Å². The van der Waals surface area contributed by atoms with Crippen molar-refractivity contribution < 1.29 is 8.42 Å². The van der Waals surface area contributed by atoms with Gasteiger partial charge >= 0.3 is 0 Å². The van der Waals surface area contributed by atoms with E-state index < -0.39 is 9.84 Å². The first-order valence-corrected chi connectivity index (χ1v) is 8.18. The number of rotatable bonds is 8. The van der Waals surface area contributed by atoms with Crippen molar-refractivity contribution in [2.45, 2.75) is 18.2 Å². The quantitative estimate of drug-likeness (QED) is 0.730. The molecule has 0 heterocycles. The Morgan fingerprint density at radius 3 is 2.00 bits per heavy atom. The third-order valence-electron chi connectivity index (χ3n) is 2.83. The molecule has 0 spiro atoms. The van der Waals surface area contributed by atoms with E-state index in [1.165, 1.54) is 0 Å². The molecule has 108 valence electrons. The Labute approximate surface area is 115 Å². The van der Waals surface area contributed by atoms with Gasteiger partial charge in [-0.3, -0.25) is 0 Å². The number of anilines is 1. The van der Waals surface area contributed by atoms with Gasteiger partial charge in [0.2, 0.25) is 0 Å². The molecule has 4 N–H and O–H groups in total. The Morgan fingerprint density at radius 2 is 1.58 bits per heavy atom. The number of sulfone groups is 1.